The van der Waals surface area contributed by atoms with Gasteiger partial charge >= 0.3 is 0 Å². The van der Waals surface area contributed by atoms with Gasteiger partial charge in [0.15, 0.2) is 0 Å². The van der Waals surface area contributed by atoms with E-state index < -0.39 is 0 Å². The van der Waals surface area contributed by atoms with Crippen molar-refractivity contribution in [3.05, 3.63) is 76.0 Å². The van der Waals surface area contributed by atoms with E-state index in [0.717, 1.165) is 9.09 Å². The number of fused-ring (bicyclic) bond motifs is 1. The van der Waals surface area contributed by atoms with Gasteiger partial charge in [-0.05, 0) is 46.9 Å². The van der Waals surface area contributed by atoms with Crippen LogP contribution in [0.2, 0.25) is 0 Å². The molecule has 0 atom stereocenters. The number of hydrogen-bond donors (Lipinski definition) is 1. The first-order chi connectivity index (χ1) is 9.68. The number of aromatic nitrogens is 1. The smallest absolute Gasteiger partial charge is 0.249 e. The molecule has 0 saturated heterocycles. The van der Waals surface area contributed by atoms with Crippen LogP contribution in [0.15, 0.2) is 66.9 Å². The molecule has 20 heavy (non-hydrogen) atoms. The molecule has 2 N–H and O–H groups in total. The van der Waals surface area contributed by atoms with Crippen LogP contribution in [0.3, 0.4) is 0 Å². The van der Waals surface area contributed by atoms with E-state index in [1.807, 2.05) is 42.6 Å². The Morgan fingerprint density at radius 2 is 1.60 bits per heavy atom. The predicted octanol–water partition coefficient (Wildman–Crippen LogP) is 3.62. The van der Waals surface area contributed by atoms with Crippen LogP contribution < -0.4 is 5.73 Å². The Hall–Kier alpha value is -1.95. The van der Waals surface area contributed by atoms with E-state index >= 15 is 0 Å². The van der Waals surface area contributed by atoms with Crippen molar-refractivity contribution in [3.63, 3.8) is 0 Å². The van der Waals surface area contributed by atoms with E-state index in [1.165, 1.54) is 5.39 Å². The first-order valence-corrected chi connectivity index (χ1v) is 7.10. The Balaban J connectivity index is 0.000000147. The summed E-state index contributed by atoms with van der Waals surface area (Å²) < 4.78 is 0.896. The van der Waals surface area contributed by atoms with Gasteiger partial charge in [-0.1, -0.05) is 36.4 Å². The molecular formula is C16H13IN2O. The second-order valence-corrected chi connectivity index (χ2v) is 5.20. The first-order valence-electron chi connectivity index (χ1n) is 6.02. The number of halogens is 1. The zero-order valence-corrected chi connectivity index (χ0v) is 12.8. The fraction of sp³-hybridized carbons (Fsp3) is 0. The van der Waals surface area contributed by atoms with E-state index in [4.69, 9.17) is 5.73 Å². The molecule has 3 aromatic rings. The lowest BCUT2D eigenvalue weighted by Gasteiger charge is -1.95. The van der Waals surface area contributed by atoms with E-state index in [9.17, 15) is 4.79 Å². The van der Waals surface area contributed by atoms with Crippen molar-refractivity contribution in [2.45, 2.75) is 0 Å². The molecule has 100 valence electrons. The minimum Gasteiger partial charge on any atom is -0.366 e. The Labute approximate surface area is 131 Å². The normalized spacial score (nSPS) is 9.65. The van der Waals surface area contributed by atoms with Crippen molar-refractivity contribution in [1.29, 1.82) is 0 Å². The van der Waals surface area contributed by atoms with Crippen LogP contribution >= 0.6 is 22.6 Å². The third-order valence-corrected chi connectivity index (χ3v) is 3.59. The second kappa shape index (κ2) is 7.00. The number of rotatable bonds is 1. The molecule has 3 nitrogen and oxygen atoms in total. The van der Waals surface area contributed by atoms with Crippen LogP contribution in [0, 0.1) is 3.57 Å². The summed E-state index contributed by atoms with van der Waals surface area (Å²) in [6, 6.07) is 19.3. The molecule has 0 aliphatic carbocycles. The molecule has 0 saturated carbocycles. The Morgan fingerprint density at radius 3 is 2.25 bits per heavy atom. The summed E-state index contributed by atoms with van der Waals surface area (Å²) in [5.41, 5.74) is 6.72. The van der Waals surface area contributed by atoms with Crippen LogP contribution in [0.4, 0.5) is 0 Å². The van der Waals surface area contributed by atoms with Crippen LogP contribution in [-0.2, 0) is 0 Å². The molecule has 4 heteroatoms. The van der Waals surface area contributed by atoms with Gasteiger partial charge in [0.1, 0.15) is 0 Å². The molecule has 1 amide bonds. The maximum atomic E-state index is 10.6. The number of amides is 1. The SMILES string of the molecule is NC(=O)c1ccccc1I.c1ccc2ncccc2c1. The highest BCUT2D eigenvalue weighted by Gasteiger charge is 2.01. The highest BCUT2D eigenvalue weighted by atomic mass is 127. The highest BCUT2D eigenvalue weighted by molar-refractivity contribution is 14.1. The lowest BCUT2D eigenvalue weighted by molar-refractivity contribution is 0.0999. The van der Waals surface area contributed by atoms with E-state index in [-0.39, 0.29) is 5.91 Å². The maximum absolute atomic E-state index is 10.6. The van der Waals surface area contributed by atoms with Gasteiger partial charge in [-0.3, -0.25) is 9.78 Å². The lowest BCUT2D eigenvalue weighted by atomic mass is 10.2. The van der Waals surface area contributed by atoms with Gasteiger partial charge in [0, 0.05) is 15.2 Å². The van der Waals surface area contributed by atoms with Gasteiger partial charge in [-0.25, -0.2) is 0 Å². The number of carbonyl (C=O) groups is 1. The van der Waals surface area contributed by atoms with Crippen molar-refractivity contribution >= 4 is 39.4 Å². The molecule has 2 aromatic carbocycles. The van der Waals surface area contributed by atoms with Gasteiger partial charge in [0.2, 0.25) is 5.91 Å². The summed E-state index contributed by atoms with van der Waals surface area (Å²) in [5.74, 6) is -0.370. The van der Waals surface area contributed by atoms with Gasteiger partial charge in [0.05, 0.1) is 11.1 Å². The Kier molecular flexibility index (Phi) is 5.06. The highest BCUT2D eigenvalue weighted by Crippen LogP contribution is 2.09. The number of pyridine rings is 1. The van der Waals surface area contributed by atoms with E-state index in [2.05, 4.69) is 39.7 Å². The quantitative estimate of drug-likeness (QED) is 0.660. The number of para-hydroxylation sites is 1. The topological polar surface area (TPSA) is 56.0 Å². The lowest BCUT2D eigenvalue weighted by Crippen LogP contribution is -2.12. The summed E-state index contributed by atoms with van der Waals surface area (Å²) in [5, 5.41) is 1.20. The van der Waals surface area contributed by atoms with Crippen molar-refractivity contribution < 1.29 is 4.79 Å². The Morgan fingerprint density at radius 1 is 0.950 bits per heavy atom. The van der Waals surface area contributed by atoms with Crippen LogP contribution in [0.1, 0.15) is 10.4 Å². The van der Waals surface area contributed by atoms with E-state index in [0.29, 0.717) is 5.56 Å². The van der Waals surface area contributed by atoms with Gasteiger partial charge in [-0.2, -0.15) is 0 Å². The number of hydrogen-bond acceptors (Lipinski definition) is 2. The summed E-state index contributed by atoms with van der Waals surface area (Å²) in [7, 11) is 0. The number of benzene rings is 2. The average molecular weight is 376 g/mol. The molecule has 1 heterocycles. The van der Waals surface area contributed by atoms with Crippen LogP contribution in [0.5, 0.6) is 0 Å². The number of carbonyl (C=O) groups excluding carboxylic acids is 1. The molecule has 3 rings (SSSR count). The maximum Gasteiger partial charge on any atom is 0.249 e. The van der Waals surface area contributed by atoms with Crippen molar-refractivity contribution in [1.82, 2.24) is 4.98 Å². The molecule has 0 fully saturated rings. The molecule has 0 bridgehead atoms. The minimum atomic E-state index is -0.370. The zero-order chi connectivity index (χ0) is 14.4. The van der Waals surface area contributed by atoms with Gasteiger partial charge < -0.3 is 5.73 Å². The molecule has 1 aromatic heterocycles. The fourth-order valence-electron chi connectivity index (χ4n) is 1.68. The summed E-state index contributed by atoms with van der Waals surface area (Å²) >= 11 is 2.07. The number of nitrogens with two attached hydrogens (primary N) is 1. The summed E-state index contributed by atoms with van der Waals surface area (Å²) in [4.78, 5) is 14.8. The predicted molar refractivity (Wildman–Crippen MR) is 89.4 cm³/mol. The van der Waals surface area contributed by atoms with E-state index in [1.54, 1.807) is 12.1 Å². The van der Waals surface area contributed by atoms with Crippen LogP contribution in [-0.4, -0.2) is 10.9 Å². The Bertz CT molecular complexity index is 663. The molecule has 0 radical (unpaired) electrons. The zero-order valence-electron chi connectivity index (χ0n) is 10.7. The third-order valence-electron chi connectivity index (χ3n) is 2.65. The van der Waals surface area contributed by atoms with Crippen molar-refractivity contribution in [2.24, 2.45) is 5.73 Å². The third kappa shape index (κ3) is 3.77. The summed E-state index contributed by atoms with van der Waals surface area (Å²) in [6.45, 7) is 0. The number of primary amides is 1. The van der Waals surface area contributed by atoms with Gasteiger partial charge in [0.25, 0.3) is 0 Å². The van der Waals surface area contributed by atoms with Crippen LogP contribution in [0.25, 0.3) is 10.9 Å². The molecule has 0 aliphatic rings. The standard InChI is InChI=1S/C9H7N.C7H6INO/c1-2-6-9-8(4-1)5-3-7-10-9;8-6-4-2-1-3-5(6)7(9)10/h1-7H;1-4H,(H2,9,10). The van der Waals surface area contributed by atoms with Gasteiger partial charge in [-0.15, -0.1) is 0 Å². The van der Waals surface area contributed by atoms with Crippen molar-refractivity contribution in [2.75, 3.05) is 0 Å². The minimum absolute atomic E-state index is 0.370. The monoisotopic (exact) mass is 376 g/mol. The average Bonchev–Trinajstić information content (AvgIpc) is 2.48. The van der Waals surface area contributed by atoms with Crippen molar-refractivity contribution in [3.8, 4) is 0 Å². The molecule has 0 spiro atoms. The summed E-state index contributed by atoms with van der Waals surface area (Å²) in [6.07, 6.45) is 1.81. The molecular weight excluding hydrogens is 363 g/mol. The first kappa shape index (κ1) is 14.5. The largest absolute Gasteiger partial charge is 0.366 e. The fourth-order valence-corrected chi connectivity index (χ4v) is 2.33. The molecule has 0 unspecified atom stereocenters. The number of nitrogens with zero attached hydrogens (tertiary/aromatic N) is 1. The second-order valence-electron chi connectivity index (χ2n) is 4.04. The molecule has 0 aliphatic heterocycles.